The Morgan fingerprint density at radius 2 is 2.28 bits per heavy atom. The second-order valence-electron chi connectivity index (χ2n) is 4.62. The zero-order valence-electron chi connectivity index (χ0n) is 10.6. The molecule has 100 valence electrons. The van der Waals surface area contributed by atoms with Crippen LogP contribution in [0.1, 0.15) is 19.8 Å². The molecule has 0 amide bonds. The number of anilines is 1. The van der Waals surface area contributed by atoms with E-state index in [4.69, 9.17) is 4.74 Å². The molecule has 1 aromatic carbocycles. The molecule has 1 atom stereocenters. The fraction of sp³-hybridized carbons (Fsp3) is 0.538. The summed E-state index contributed by atoms with van der Waals surface area (Å²) in [5.74, 6) is 1.34. The molecule has 1 aliphatic rings. The van der Waals surface area contributed by atoms with E-state index in [-0.39, 0.29) is 17.5 Å². The lowest BCUT2D eigenvalue weighted by molar-refractivity contribution is 0.317. The second-order valence-corrected chi connectivity index (χ2v) is 6.85. The SMILES string of the molecule is CCCOc1cccc(NC2CCS(=O)(=O)C2)c1. The van der Waals surface area contributed by atoms with E-state index in [0.29, 0.717) is 13.0 Å². The van der Waals surface area contributed by atoms with Gasteiger partial charge in [0.2, 0.25) is 0 Å². The summed E-state index contributed by atoms with van der Waals surface area (Å²) in [5, 5.41) is 3.25. The Balaban J connectivity index is 1.97. The molecule has 1 fully saturated rings. The van der Waals surface area contributed by atoms with Gasteiger partial charge in [-0.1, -0.05) is 13.0 Å². The largest absolute Gasteiger partial charge is 0.494 e. The molecule has 18 heavy (non-hydrogen) atoms. The van der Waals surface area contributed by atoms with Crippen molar-refractivity contribution in [3.8, 4) is 5.75 Å². The highest BCUT2D eigenvalue weighted by atomic mass is 32.2. The predicted octanol–water partition coefficient (Wildman–Crippen LogP) is 2.07. The van der Waals surface area contributed by atoms with Crippen LogP contribution in [0.15, 0.2) is 24.3 Å². The minimum Gasteiger partial charge on any atom is -0.494 e. The lowest BCUT2D eigenvalue weighted by atomic mass is 10.2. The van der Waals surface area contributed by atoms with Crippen molar-refractivity contribution in [1.29, 1.82) is 0 Å². The Bertz CT molecular complexity index is 499. The fourth-order valence-electron chi connectivity index (χ4n) is 2.04. The van der Waals surface area contributed by atoms with Crippen molar-refractivity contribution in [2.24, 2.45) is 0 Å². The Hall–Kier alpha value is -1.23. The molecule has 5 heteroatoms. The first-order valence-corrected chi connectivity index (χ1v) is 8.11. The Morgan fingerprint density at radius 3 is 2.94 bits per heavy atom. The van der Waals surface area contributed by atoms with Crippen LogP contribution in [0.25, 0.3) is 0 Å². The van der Waals surface area contributed by atoms with Crippen molar-refractivity contribution >= 4 is 15.5 Å². The van der Waals surface area contributed by atoms with Gasteiger partial charge in [0, 0.05) is 17.8 Å². The Morgan fingerprint density at radius 1 is 1.44 bits per heavy atom. The van der Waals surface area contributed by atoms with Gasteiger partial charge in [-0.05, 0) is 25.0 Å². The maximum absolute atomic E-state index is 11.4. The monoisotopic (exact) mass is 269 g/mol. The number of hydrogen-bond acceptors (Lipinski definition) is 4. The van der Waals surface area contributed by atoms with Crippen molar-refractivity contribution in [2.75, 3.05) is 23.4 Å². The highest BCUT2D eigenvalue weighted by Crippen LogP contribution is 2.21. The van der Waals surface area contributed by atoms with E-state index in [1.807, 2.05) is 24.3 Å². The first-order chi connectivity index (χ1) is 8.59. The topological polar surface area (TPSA) is 55.4 Å². The molecule has 0 aromatic heterocycles. The van der Waals surface area contributed by atoms with Gasteiger partial charge in [0.1, 0.15) is 5.75 Å². The van der Waals surface area contributed by atoms with Crippen LogP contribution in [0.2, 0.25) is 0 Å². The molecule has 1 unspecified atom stereocenters. The quantitative estimate of drug-likeness (QED) is 0.889. The van der Waals surface area contributed by atoms with Crippen LogP contribution >= 0.6 is 0 Å². The smallest absolute Gasteiger partial charge is 0.152 e. The molecular weight excluding hydrogens is 250 g/mol. The van der Waals surface area contributed by atoms with Crippen molar-refractivity contribution in [3.63, 3.8) is 0 Å². The average molecular weight is 269 g/mol. The van der Waals surface area contributed by atoms with Gasteiger partial charge in [-0.2, -0.15) is 0 Å². The van der Waals surface area contributed by atoms with Crippen molar-refractivity contribution in [3.05, 3.63) is 24.3 Å². The zero-order chi connectivity index (χ0) is 13.0. The van der Waals surface area contributed by atoms with E-state index < -0.39 is 9.84 Å². The van der Waals surface area contributed by atoms with Gasteiger partial charge in [-0.3, -0.25) is 0 Å². The maximum Gasteiger partial charge on any atom is 0.152 e. The van der Waals surface area contributed by atoms with E-state index in [1.54, 1.807) is 0 Å². The fourth-order valence-corrected chi connectivity index (χ4v) is 3.71. The van der Waals surface area contributed by atoms with Gasteiger partial charge in [-0.15, -0.1) is 0 Å². The Labute approximate surface area is 108 Å². The van der Waals surface area contributed by atoms with E-state index in [9.17, 15) is 8.42 Å². The van der Waals surface area contributed by atoms with E-state index in [1.165, 1.54) is 0 Å². The molecule has 1 N–H and O–H groups in total. The average Bonchev–Trinajstić information content (AvgIpc) is 2.66. The van der Waals surface area contributed by atoms with Crippen molar-refractivity contribution in [1.82, 2.24) is 0 Å². The van der Waals surface area contributed by atoms with Crippen LogP contribution in [0.3, 0.4) is 0 Å². The summed E-state index contributed by atoms with van der Waals surface area (Å²) in [5.41, 5.74) is 0.922. The number of hydrogen-bond donors (Lipinski definition) is 1. The molecule has 0 radical (unpaired) electrons. The molecular formula is C13H19NO3S. The van der Waals surface area contributed by atoms with E-state index >= 15 is 0 Å². The molecule has 0 bridgehead atoms. The van der Waals surface area contributed by atoms with Crippen LogP contribution in [0.5, 0.6) is 5.75 Å². The lowest BCUT2D eigenvalue weighted by Crippen LogP contribution is -2.20. The van der Waals surface area contributed by atoms with Crippen LogP contribution in [0, 0.1) is 0 Å². The summed E-state index contributed by atoms with van der Waals surface area (Å²) in [7, 11) is -2.83. The summed E-state index contributed by atoms with van der Waals surface area (Å²) in [6, 6.07) is 7.70. The first kappa shape index (κ1) is 13.2. The Kier molecular flexibility index (Phi) is 4.11. The van der Waals surface area contributed by atoms with Crippen LogP contribution in [-0.4, -0.2) is 32.6 Å². The lowest BCUT2D eigenvalue weighted by Gasteiger charge is -2.13. The number of rotatable bonds is 5. The van der Waals surface area contributed by atoms with Crippen molar-refractivity contribution in [2.45, 2.75) is 25.8 Å². The molecule has 4 nitrogen and oxygen atoms in total. The summed E-state index contributed by atoms with van der Waals surface area (Å²) >= 11 is 0. The third-order valence-corrected chi connectivity index (χ3v) is 4.68. The zero-order valence-corrected chi connectivity index (χ0v) is 11.4. The van der Waals surface area contributed by atoms with E-state index in [0.717, 1.165) is 17.9 Å². The third kappa shape index (κ3) is 3.63. The highest BCUT2D eigenvalue weighted by molar-refractivity contribution is 7.91. The number of nitrogens with one attached hydrogen (secondary N) is 1. The van der Waals surface area contributed by atoms with Gasteiger partial charge >= 0.3 is 0 Å². The maximum atomic E-state index is 11.4. The van der Waals surface area contributed by atoms with Crippen LogP contribution in [-0.2, 0) is 9.84 Å². The molecule has 2 rings (SSSR count). The minimum absolute atomic E-state index is 0.0245. The number of benzene rings is 1. The second kappa shape index (κ2) is 5.61. The van der Waals surface area contributed by atoms with Crippen LogP contribution in [0.4, 0.5) is 5.69 Å². The molecule has 0 aliphatic carbocycles. The van der Waals surface area contributed by atoms with Gasteiger partial charge in [0.25, 0.3) is 0 Å². The summed E-state index contributed by atoms with van der Waals surface area (Å²) in [6.07, 6.45) is 1.65. The molecule has 1 aromatic rings. The number of ether oxygens (including phenoxy) is 1. The third-order valence-electron chi connectivity index (χ3n) is 2.91. The molecule has 1 saturated heterocycles. The summed E-state index contributed by atoms with van der Waals surface area (Å²) < 4.78 is 28.3. The summed E-state index contributed by atoms with van der Waals surface area (Å²) in [6.45, 7) is 2.76. The molecule has 1 aliphatic heterocycles. The normalized spacial score (nSPS) is 21.7. The minimum atomic E-state index is -2.83. The molecule has 0 spiro atoms. The predicted molar refractivity (Wildman–Crippen MR) is 72.9 cm³/mol. The molecule has 0 saturated carbocycles. The van der Waals surface area contributed by atoms with Crippen molar-refractivity contribution < 1.29 is 13.2 Å². The van der Waals surface area contributed by atoms with Crippen LogP contribution < -0.4 is 10.1 Å². The van der Waals surface area contributed by atoms with Gasteiger partial charge in [0.15, 0.2) is 9.84 Å². The van der Waals surface area contributed by atoms with Gasteiger partial charge in [0.05, 0.1) is 18.1 Å². The first-order valence-electron chi connectivity index (χ1n) is 6.29. The van der Waals surface area contributed by atoms with Gasteiger partial charge in [-0.25, -0.2) is 8.42 Å². The summed E-state index contributed by atoms with van der Waals surface area (Å²) in [4.78, 5) is 0. The van der Waals surface area contributed by atoms with Gasteiger partial charge < -0.3 is 10.1 Å². The number of sulfone groups is 1. The standard InChI is InChI=1S/C13H19NO3S/c1-2-7-17-13-5-3-4-11(9-13)14-12-6-8-18(15,16)10-12/h3-5,9,12,14H,2,6-8,10H2,1H3. The molecule has 1 heterocycles. The van der Waals surface area contributed by atoms with E-state index in [2.05, 4.69) is 12.2 Å². The highest BCUT2D eigenvalue weighted by Gasteiger charge is 2.27.